The number of aromatic nitrogens is 1. The summed E-state index contributed by atoms with van der Waals surface area (Å²) in [5, 5.41) is 2.64. The van der Waals surface area contributed by atoms with E-state index in [1.165, 1.54) is 0 Å². The molecule has 0 atom stereocenters. The molecule has 0 amide bonds. The summed E-state index contributed by atoms with van der Waals surface area (Å²) in [6.07, 6.45) is 2.31. The second kappa shape index (κ2) is 5.14. The molecular formula is C15H20F4N2. The summed E-state index contributed by atoms with van der Waals surface area (Å²) < 4.78 is 53.6. The first-order chi connectivity index (χ1) is 9.51. The van der Waals surface area contributed by atoms with E-state index in [4.69, 9.17) is 0 Å². The third kappa shape index (κ3) is 3.47. The number of pyridine rings is 1. The molecule has 0 saturated heterocycles. The van der Waals surface area contributed by atoms with Crippen LogP contribution in [0.5, 0.6) is 0 Å². The normalized spacial score (nSPS) is 21.3. The van der Waals surface area contributed by atoms with E-state index in [0.29, 0.717) is 12.8 Å². The number of halogens is 4. The minimum atomic E-state index is -1.63. The van der Waals surface area contributed by atoms with Crippen LogP contribution in [0.4, 0.5) is 23.2 Å². The minimum Gasteiger partial charge on any atom is -0.377 e. The van der Waals surface area contributed by atoms with Crippen molar-refractivity contribution in [1.29, 1.82) is 0 Å². The van der Waals surface area contributed by atoms with Crippen molar-refractivity contribution in [3.05, 3.63) is 23.5 Å². The van der Waals surface area contributed by atoms with Crippen LogP contribution in [-0.2, 0) is 0 Å². The highest BCUT2D eigenvalue weighted by Crippen LogP contribution is 2.46. The van der Waals surface area contributed by atoms with E-state index < -0.39 is 29.2 Å². The number of hydrogen-bond acceptors (Lipinski definition) is 2. The van der Waals surface area contributed by atoms with Crippen LogP contribution in [0.15, 0.2) is 0 Å². The highest BCUT2D eigenvalue weighted by molar-refractivity contribution is 5.46. The summed E-state index contributed by atoms with van der Waals surface area (Å²) in [6.45, 7) is 8.29. The highest BCUT2D eigenvalue weighted by atomic mass is 19.2. The highest BCUT2D eigenvalue weighted by Gasteiger charge is 2.39. The Bertz CT molecular complexity index is 513. The van der Waals surface area contributed by atoms with Crippen molar-refractivity contribution in [1.82, 2.24) is 4.98 Å². The molecule has 1 saturated carbocycles. The van der Waals surface area contributed by atoms with Gasteiger partial charge in [0, 0.05) is 6.04 Å². The van der Waals surface area contributed by atoms with Crippen molar-refractivity contribution >= 4 is 5.69 Å². The smallest absolute Gasteiger partial charge is 0.253 e. The quantitative estimate of drug-likeness (QED) is 0.635. The third-order valence-electron chi connectivity index (χ3n) is 3.90. The van der Waals surface area contributed by atoms with Gasteiger partial charge in [-0.1, -0.05) is 27.7 Å². The van der Waals surface area contributed by atoms with Crippen LogP contribution in [0.25, 0.3) is 0 Å². The van der Waals surface area contributed by atoms with Gasteiger partial charge in [0.25, 0.3) is 11.9 Å². The lowest BCUT2D eigenvalue weighted by Crippen LogP contribution is -2.40. The third-order valence-corrected chi connectivity index (χ3v) is 3.90. The molecule has 1 N–H and O–H groups in total. The van der Waals surface area contributed by atoms with Crippen molar-refractivity contribution in [2.75, 3.05) is 5.32 Å². The molecule has 0 unspecified atom stereocenters. The van der Waals surface area contributed by atoms with Crippen molar-refractivity contribution < 1.29 is 17.6 Å². The second-order valence-electron chi connectivity index (χ2n) is 7.45. The molecule has 1 aliphatic rings. The van der Waals surface area contributed by atoms with Crippen LogP contribution < -0.4 is 5.32 Å². The Hall–Kier alpha value is -1.33. The Morgan fingerprint density at radius 3 is 1.76 bits per heavy atom. The lowest BCUT2D eigenvalue weighted by molar-refractivity contribution is 0.105. The standard InChI is InChI=1S/C15H20F4N2/c1-14(2)5-8(6-15(3,4)7-14)20-11-9(16)12(18)21-13(19)10(11)17/h8H,5-7H2,1-4H3,(H,20,21). The fourth-order valence-corrected chi connectivity index (χ4v) is 3.77. The number of anilines is 1. The molecule has 1 aromatic rings. The maximum absolute atomic E-state index is 13.7. The van der Waals surface area contributed by atoms with Gasteiger partial charge >= 0.3 is 0 Å². The van der Waals surface area contributed by atoms with E-state index in [0.717, 1.165) is 6.42 Å². The van der Waals surface area contributed by atoms with Gasteiger partial charge in [0.05, 0.1) is 0 Å². The molecule has 2 rings (SSSR count). The zero-order valence-corrected chi connectivity index (χ0v) is 12.7. The molecule has 1 heterocycles. The molecule has 0 spiro atoms. The summed E-state index contributed by atoms with van der Waals surface area (Å²) in [7, 11) is 0. The predicted molar refractivity (Wildman–Crippen MR) is 72.9 cm³/mol. The lowest BCUT2D eigenvalue weighted by atomic mass is 9.63. The van der Waals surface area contributed by atoms with Crippen LogP contribution in [0.3, 0.4) is 0 Å². The summed E-state index contributed by atoms with van der Waals surface area (Å²) in [4.78, 5) is 2.56. The van der Waals surface area contributed by atoms with Gasteiger partial charge in [-0.15, -0.1) is 0 Å². The van der Waals surface area contributed by atoms with E-state index >= 15 is 0 Å². The first kappa shape index (κ1) is 16.0. The number of nitrogens with zero attached hydrogens (tertiary/aromatic N) is 1. The van der Waals surface area contributed by atoms with Crippen LogP contribution >= 0.6 is 0 Å². The van der Waals surface area contributed by atoms with Gasteiger partial charge in [-0.25, -0.2) is 0 Å². The Morgan fingerprint density at radius 1 is 0.905 bits per heavy atom. The predicted octanol–water partition coefficient (Wildman–Crippen LogP) is 4.65. The lowest BCUT2D eigenvalue weighted by Gasteiger charge is -2.45. The number of hydrogen-bond donors (Lipinski definition) is 1. The van der Waals surface area contributed by atoms with Crippen molar-refractivity contribution in [3.63, 3.8) is 0 Å². The monoisotopic (exact) mass is 304 g/mol. The molecule has 0 aliphatic heterocycles. The maximum atomic E-state index is 13.7. The van der Waals surface area contributed by atoms with Crippen molar-refractivity contribution in [2.45, 2.75) is 53.0 Å². The maximum Gasteiger partial charge on any atom is 0.253 e. The first-order valence-electron chi connectivity index (χ1n) is 6.97. The average Bonchev–Trinajstić information content (AvgIpc) is 2.28. The Kier molecular flexibility index (Phi) is 3.93. The van der Waals surface area contributed by atoms with Crippen molar-refractivity contribution in [2.24, 2.45) is 10.8 Å². The van der Waals surface area contributed by atoms with Gasteiger partial charge < -0.3 is 5.32 Å². The molecule has 1 fully saturated rings. The molecule has 1 aliphatic carbocycles. The first-order valence-corrected chi connectivity index (χ1v) is 6.97. The van der Waals surface area contributed by atoms with E-state index in [1.54, 1.807) is 0 Å². The van der Waals surface area contributed by atoms with E-state index in [2.05, 4.69) is 38.0 Å². The largest absolute Gasteiger partial charge is 0.377 e. The topological polar surface area (TPSA) is 24.9 Å². The second-order valence-corrected chi connectivity index (χ2v) is 7.45. The molecule has 6 heteroatoms. The molecule has 1 aromatic heterocycles. The molecule has 118 valence electrons. The Morgan fingerprint density at radius 2 is 1.33 bits per heavy atom. The summed E-state index contributed by atoms with van der Waals surface area (Å²) >= 11 is 0. The average molecular weight is 304 g/mol. The number of nitrogens with one attached hydrogen (secondary N) is 1. The zero-order valence-electron chi connectivity index (χ0n) is 12.7. The number of rotatable bonds is 2. The van der Waals surface area contributed by atoms with Gasteiger partial charge in [0.15, 0.2) is 0 Å². The Labute approximate surface area is 122 Å². The summed E-state index contributed by atoms with van der Waals surface area (Å²) in [6, 6.07) is -0.256. The SMILES string of the molecule is CC1(C)CC(Nc2c(F)c(F)nc(F)c2F)CC(C)(C)C1. The van der Waals surface area contributed by atoms with Gasteiger partial charge in [0.2, 0.25) is 11.6 Å². The molecule has 21 heavy (non-hydrogen) atoms. The van der Waals surface area contributed by atoms with Gasteiger partial charge in [-0.2, -0.15) is 22.5 Å². The molecule has 2 nitrogen and oxygen atoms in total. The zero-order chi connectivity index (χ0) is 16.0. The van der Waals surface area contributed by atoms with Crippen LogP contribution in [0.1, 0.15) is 47.0 Å². The summed E-state index contributed by atoms with van der Waals surface area (Å²) in [5.41, 5.74) is -0.800. The van der Waals surface area contributed by atoms with E-state index in [-0.39, 0.29) is 16.9 Å². The Balaban J connectivity index is 2.30. The fraction of sp³-hybridized carbons (Fsp3) is 0.667. The van der Waals surface area contributed by atoms with Crippen LogP contribution in [-0.4, -0.2) is 11.0 Å². The molecule has 0 bridgehead atoms. The van der Waals surface area contributed by atoms with E-state index in [9.17, 15) is 17.6 Å². The summed E-state index contributed by atoms with van der Waals surface area (Å²) in [5.74, 6) is -6.22. The molecular weight excluding hydrogens is 284 g/mol. The van der Waals surface area contributed by atoms with Gasteiger partial charge in [-0.05, 0) is 30.1 Å². The minimum absolute atomic E-state index is 0.0174. The van der Waals surface area contributed by atoms with Crippen LogP contribution in [0, 0.1) is 34.4 Å². The van der Waals surface area contributed by atoms with Gasteiger partial charge in [0.1, 0.15) is 5.69 Å². The molecule has 0 radical (unpaired) electrons. The van der Waals surface area contributed by atoms with Crippen LogP contribution in [0.2, 0.25) is 0 Å². The fourth-order valence-electron chi connectivity index (χ4n) is 3.77. The van der Waals surface area contributed by atoms with E-state index in [1.807, 2.05) is 0 Å². The van der Waals surface area contributed by atoms with Crippen molar-refractivity contribution in [3.8, 4) is 0 Å². The van der Waals surface area contributed by atoms with Gasteiger partial charge in [-0.3, -0.25) is 0 Å². The molecule has 0 aromatic carbocycles.